The van der Waals surface area contributed by atoms with Crippen LogP contribution in [0.4, 0.5) is 0 Å². The van der Waals surface area contributed by atoms with Gasteiger partial charge in [0.05, 0.1) is 36.6 Å². The maximum Gasteiger partial charge on any atom is 0.326 e. The maximum absolute atomic E-state index is 14.5. The number of likely N-dealkylation sites (tertiary alicyclic amines) is 1. The van der Waals surface area contributed by atoms with Crippen LogP contribution < -0.4 is 16.0 Å². The van der Waals surface area contributed by atoms with Crippen LogP contribution in [-0.2, 0) is 54.3 Å². The van der Waals surface area contributed by atoms with Gasteiger partial charge in [0.15, 0.2) is 0 Å². The fourth-order valence-corrected chi connectivity index (χ4v) is 8.66. The summed E-state index contributed by atoms with van der Waals surface area (Å²) in [6, 6.07) is 4.79. The predicted molar refractivity (Wildman–Crippen MR) is 239 cm³/mol. The van der Waals surface area contributed by atoms with Gasteiger partial charge in [-0.15, -0.1) is 0 Å². The lowest BCUT2D eigenvalue weighted by Gasteiger charge is -2.41. The topological polar surface area (TPSA) is 221 Å². The van der Waals surface area contributed by atoms with Crippen molar-refractivity contribution >= 4 is 47.3 Å². The fourth-order valence-electron chi connectivity index (χ4n) is 8.66. The number of aliphatic carboxylic acids is 1. The summed E-state index contributed by atoms with van der Waals surface area (Å²) in [6.45, 7) is 14.8. The number of rotatable bonds is 25. The van der Waals surface area contributed by atoms with Crippen LogP contribution in [0.25, 0.3) is 0 Å². The molecule has 0 radical (unpaired) electrons. The van der Waals surface area contributed by atoms with E-state index in [1.807, 2.05) is 19.9 Å². The van der Waals surface area contributed by atoms with Crippen LogP contribution in [0.5, 0.6) is 0 Å². The smallest absolute Gasteiger partial charge is 0.326 e. The van der Waals surface area contributed by atoms with Crippen LogP contribution in [0, 0.1) is 23.7 Å². The van der Waals surface area contributed by atoms with Gasteiger partial charge in [-0.25, -0.2) is 4.79 Å². The molecule has 2 heterocycles. The predicted octanol–water partition coefficient (Wildman–Crippen LogP) is 3.10. The Hall–Kier alpha value is -5.16. The van der Waals surface area contributed by atoms with E-state index in [1.54, 1.807) is 82.7 Å². The van der Waals surface area contributed by atoms with E-state index < -0.39 is 89.7 Å². The summed E-state index contributed by atoms with van der Waals surface area (Å²) >= 11 is 0. The number of benzene rings is 1. The Morgan fingerprint density at radius 3 is 2.06 bits per heavy atom. The summed E-state index contributed by atoms with van der Waals surface area (Å²) in [7, 11) is 4.59. The molecule has 0 spiro atoms. The van der Waals surface area contributed by atoms with Crippen molar-refractivity contribution in [3.8, 4) is 0 Å². The lowest BCUT2D eigenvalue weighted by atomic mass is 9.89. The zero-order chi connectivity index (χ0) is 48.0. The number of amides is 7. The highest BCUT2D eigenvalue weighted by Gasteiger charge is 2.43. The highest BCUT2D eigenvalue weighted by Crippen LogP contribution is 2.30. The first-order chi connectivity index (χ1) is 30.2. The molecule has 0 aliphatic carbocycles. The molecule has 2 aliphatic rings. The van der Waals surface area contributed by atoms with Gasteiger partial charge in [-0.3, -0.25) is 38.5 Å². The minimum Gasteiger partial charge on any atom is -0.480 e. The first kappa shape index (κ1) is 53.2. The molecule has 1 aromatic rings. The molecule has 17 heteroatoms. The minimum absolute atomic E-state index is 0.0311. The first-order valence-electron chi connectivity index (χ1n) is 22.5. The van der Waals surface area contributed by atoms with Gasteiger partial charge in [0.1, 0.15) is 18.1 Å². The van der Waals surface area contributed by atoms with Crippen molar-refractivity contribution in [2.45, 2.75) is 143 Å². The van der Waals surface area contributed by atoms with Crippen molar-refractivity contribution < 1.29 is 52.9 Å². The molecule has 1 fully saturated rings. The zero-order valence-electron chi connectivity index (χ0n) is 39.6. The van der Waals surface area contributed by atoms with E-state index in [9.17, 15) is 43.5 Å². The number of methoxy groups -OCH3 is 2. The lowest BCUT2D eigenvalue weighted by molar-refractivity contribution is -0.148. The van der Waals surface area contributed by atoms with Crippen LogP contribution in [0.3, 0.4) is 0 Å². The fraction of sp³-hybridized carbons (Fsp3) is 0.660. The molecule has 1 aromatic carbocycles. The van der Waals surface area contributed by atoms with Crippen LogP contribution in [0.15, 0.2) is 42.0 Å². The summed E-state index contributed by atoms with van der Waals surface area (Å²) < 4.78 is 11.9. The van der Waals surface area contributed by atoms with Gasteiger partial charge in [-0.1, -0.05) is 85.2 Å². The minimum atomic E-state index is -1.17. The van der Waals surface area contributed by atoms with Crippen LogP contribution >= 0.6 is 0 Å². The lowest BCUT2D eigenvalue weighted by Crippen LogP contribution is -2.60. The summed E-state index contributed by atoms with van der Waals surface area (Å²) in [5, 5.41) is 18.2. The molecule has 7 amide bonds. The Labute approximate surface area is 378 Å². The third kappa shape index (κ3) is 13.9. The number of hydrogen-bond acceptors (Lipinski definition) is 10. The first-order valence-corrected chi connectivity index (χ1v) is 22.5. The molecule has 4 N–H and O–H groups in total. The normalized spacial score (nSPS) is 19.0. The van der Waals surface area contributed by atoms with Crippen molar-refractivity contribution in [1.82, 2.24) is 30.7 Å². The SMILES string of the molecule is CC[C@H](C)[C@@H]([C@@H](CC(=O)N1CCC[C@H]1[C@H](OC)[C@@H](C)C(=O)N[C@@H](Cc1ccccc1)C(=O)O)OC)N(C)C(=O)[C@@H](NC(=O)[C@@H](NC(=O)CCCN1C(=O)C=C(C)C1=O)C(C)C)C(C)C. The van der Waals surface area contributed by atoms with Gasteiger partial charge >= 0.3 is 5.97 Å². The number of ether oxygens (including phenoxy) is 2. The average Bonchev–Trinajstić information content (AvgIpc) is 3.83. The molecule has 9 atom stereocenters. The van der Waals surface area contributed by atoms with Crippen molar-refractivity contribution in [3.63, 3.8) is 0 Å². The molecule has 0 bridgehead atoms. The Morgan fingerprint density at radius 2 is 1.53 bits per heavy atom. The number of nitrogens with one attached hydrogen (secondary N) is 3. The Balaban J connectivity index is 1.72. The van der Waals surface area contributed by atoms with E-state index in [4.69, 9.17) is 9.47 Å². The largest absolute Gasteiger partial charge is 0.480 e. The molecule has 1 saturated heterocycles. The molecule has 0 aromatic heterocycles. The van der Waals surface area contributed by atoms with Gasteiger partial charge in [0, 0.05) is 58.8 Å². The molecule has 64 heavy (non-hydrogen) atoms. The van der Waals surface area contributed by atoms with E-state index in [0.29, 0.717) is 31.4 Å². The monoisotopic (exact) mass is 897 g/mol. The van der Waals surface area contributed by atoms with Gasteiger partial charge in [-0.05, 0) is 49.5 Å². The highest BCUT2D eigenvalue weighted by atomic mass is 16.5. The second-order valence-corrected chi connectivity index (χ2v) is 17.9. The Bertz CT molecular complexity index is 1840. The molecule has 17 nitrogen and oxygen atoms in total. The highest BCUT2D eigenvalue weighted by molar-refractivity contribution is 6.15. The molecule has 3 rings (SSSR count). The third-order valence-corrected chi connectivity index (χ3v) is 12.6. The Kier molecular flexibility index (Phi) is 20.6. The van der Waals surface area contributed by atoms with Gasteiger partial charge < -0.3 is 40.3 Å². The van der Waals surface area contributed by atoms with Gasteiger partial charge in [0.25, 0.3) is 11.8 Å². The molecule has 0 unspecified atom stereocenters. The molecule has 0 saturated carbocycles. The van der Waals surface area contributed by atoms with E-state index in [1.165, 1.54) is 20.3 Å². The second-order valence-electron chi connectivity index (χ2n) is 17.9. The van der Waals surface area contributed by atoms with Crippen molar-refractivity contribution in [1.29, 1.82) is 0 Å². The number of carboxylic acid groups (broad SMARTS) is 1. The second kappa shape index (κ2) is 24.8. The number of imide groups is 1. The number of hydrogen-bond donors (Lipinski definition) is 4. The molecular formula is C47H72N6O11. The molecule has 2 aliphatic heterocycles. The summed E-state index contributed by atoms with van der Waals surface area (Å²) in [5.41, 5.74) is 1.10. The number of likely N-dealkylation sites (N-methyl/N-ethyl adjacent to an activating group) is 1. The van der Waals surface area contributed by atoms with Crippen LogP contribution in [0.2, 0.25) is 0 Å². The molecular weight excluding hydrogens is 825 g/mol. The standard InChI is InChI=1S/C47H72N6O11/c1-12-29(6)41(51(9)46(60)40(28(4)5)50-44(58)39(27(2)3)49-36(54)21-17-23-53-37(55)24-30(7)45(53)59)35(63-10)26-38(56)52-22-16-20-34(52)42(64-11)31(8)43(57)48-33(47(61)62)25-32-18-14-13-15-19-32/h13-15,18-19,24,27-29,31,33-35,39-42H,12,16-17,20-23,25-26H2,1-11H3,(H,48,57)(H,49,54)(H,50,58)(H,61,62)/t29-,31+,33-,34-,35+,39-,40-,41-,42+/m0/s1. The van der Waals surface area contributed by atoms with E-state index in [0.717, 1.165) is 10.5 Å². The summed E-state index contributed by atoms with van der Waals surface area (Å²) in [4.78, 5) is 110. The zero-order valence-corrected chi connectivity index (χ0v) is 39.6. The summed E-state index contributed by atoms with van der Waals surface area (Å²) in [5.74, 6) is -5.78. The average molecular weight is 897 g/mol. The van der Waals surface area contributed by atoms with Crippen molar-refractivity contribution in [2.75, 3.05) is 34.4 Å². The molecule has 356 valence electrons. The van der Waals surface area contributed by atoms with Gasteiger partial charge in [-0.2, -0.15) is 0 Å². The number of carbonyl (C=O) groups excluding carboxylic acids is 7. The third-order valence-electron chi connectivity index (χ3n) is 12.6. The van der Waals surface area contributed by atoms with Crippen molar-refractivity contribution in [2.24, 2.45) is 23.7 Å². The van der Waals surface area contributed by atoms with Crippen LogP contribution in [-0.4, -0.2) is 144 Å². The Morgan fingerprint density at radius 1 is 0.891 bits per heavy atom. The van der Waals surface area contributed by atoms with E-state index >= 15 is 0 Å². The van der Waals surface area contributed by atoms with E-state index in [2.05, 4.69) is 16.0 Å². The summed E-state index contributed by atoms with van der Waals surface area (Å²) in [6.07, 6.45) is 1.81. The number of carboxylic acids is 1. The van der Waals surface area contributed by atoms with E-state index in [-0.39, 0.29) is 55.9 Å². The van der Waals surface area contributed by atoms with Gasteiger partial charge in [0.2, 0.25) is 29.5 Å². The number of nitrogens with zero attached hydrogens (tertiary/aromatic N) is 3. The number of carbonyl (C=O) groups is 8. The quantitative estimate of drug-likeness (QED) is 0.105. The van der Waals surface area contributed by atoms with Crippen molar-refractivity contribution in [3.05, 3.63) is 47.5 Å². The van der Waals surface area contributed by atoms with Crippen LogP contribution in [0.1, 0.15) is 99.5 Å². The maximum atomic E-state index is 14.5.